The second-order valence-electron chi connectivity index (χ2n) is 3.84. The molecule has 18 heavy (non-hydrogen) atoms. The van der Waals surface area contributed by atoms with E-state index >= 15 is 0 Å². The molecule has 6 nitrogen and oxygen atoms in total. The van der Waals surface area contributed by atoms with Gasteiger partial charge in [0, 0.05) is 18.5 Å². The third kappa shape index (κ3) is 3.21. The maximum absolute atomic E-state index is 11.7. The number of benzene rings is 1. The summed E-state index contributed by atoms with van der Waals surface area (Å²) < 4.78 is 4.99. The van der Waals surface area contributed by atoms with E-state index in [2.05, 4.69) is 5.32 Å². The highest BCUT2D eigenvalue weighted by molar-refractivity contribution is 6.01. The molecule has 0 saturated carbocycles. The quantitative estimate of drug-likeness (QED) is 0.723. The number of carbonyl (C=O) groups excluding carboxylic acids is 1. The van der Waals surface area contributed by atoms with Crippen LogP contribution >= 0.6 is 0 Å². The summed E-state index contributed by atoms with van der Waals surface area (Å²) in [6.07, 6.45) is 0. The number of hydrogen-bond donors (Lipinski definition) is 3. The van der Waals surface area contributed by atoms with Gasteiger partial charge in [-0.25, -0.2) is 4.79 Å². The Morgan fingerprint density at radius 3 is 2.67 bits per heavy atom. The Morgan fingerprint density at radius 1 is 1.50 bits per heavy atom. The molecule has 0 aliphatic rings. The van der Waals surface area contributed by atoms with Gasteiger partial charge in [0.2, 0.25) is 5.91 Å². The smallest absolute Gasteiger partial charge is 0.337 e. The predicted octanol–water partition coefficient (Wildman–Crippen LogP) is 0.927. The summed E-state index contributed by atoms with van der Waals surface area (Å²) in [6.45, 7) is 1.86. The van der Waals surface area contributed by atoms with Crippen LogP contribution in [0.5, 0.6) is 5.75 Å². The van der Waals surface area contributed by atoms with Crippen LogP contribution in [0.3, 0.4) is 0 Å². The number of nitrogens with one attached hydrogen (secondary N) is 1. The molecule has 0 saturated heterocycles. The highest BCUT2D eigenvalue weighted by Gasteiger charge is 2.16. The molecule has 0 aromatic heterocycles. The number of hydrogen-bond acceptors (Lipinski definition) is 4. The van der Waals surface area contributed by atoms with E-state index in [-0.39, 0.29) is 23.7 Å². The molecule has 1 aromatic carbocycles. The van der Waals surface area contributed by atoms with Crippen molar-refractivity contribution in [2.45, 2.75) is 6.92 Å². The number of carboxylic acids is 1. The van der Waals surface area contributed by atoms with Crippen molar-refractivity contribution < 1.29 is 19.4 Å². The van der Waals surface area contributed by atoms with Crippen molar-refractivity contribution in [2.24, 2.45) is 11.7 Å². The summed E-state index contributed by atoms with van der Waals surface area (Å²) in [5.74, 6) is -1.37. The van der Waals surface area contributed by atoms with Gasteiger partial charge in [-0.1, -0.05) is 6.92 Å². The average molecular weight is 252 g/mol. The molecule has 1 rings (SSSR count). The van der Waals surface area contributed by atoms with Crippen LogP contribution in [0.2, 0.25) is 0 Å². The Balaban J connectivity index is 3.04. The molecule has 0 heterocycles. The lowest BCUT2D eigenvalue weighted by atomic mass is 10.1. The molecule has 98 valence electrons. The van der Waals surface area contributed by atoms with Crippen molar-refractivity contribution >= 4 is 17.6 Å². The molecule has 0 aliphatic heterocycles. The molecule has 0 aliphatic carbocycles. The molecule has 0 fully saturated rings. The minimum atomic E-state index is -1.12. The van der Waals surface area contributed by atoms with E-state index in [1.54, 1.807) is 6.92 Å². The number of amides is 1. The van der Waals surface area contributed by atoms with Crippen molar-refractivity contribution in [3.8, 4) is 5.75 Å². The van der Waals surface area contributed by atoms with Crippen LogP contribution in [0.1, 0.15) is 17.3 Å². The van der Waals surface area contributed by atoms with E-state index < -0.39 is 11.9 Å². The van der Waals surface area contributed by atoms with Crippen LogP contribution in [0.15, 0.2) is 18.2 Å². The summed E-state index contributed by atoms with van der Waals surface area (Å²) >= 11 is 0. The first kappa shape index (κ1) is 14.0. The first-order chi connectivity index (χ1) is 8.49. The number of anilines is 1. The molecule has 0 radical (unpaired) electrons. The number of rotatable bonds is 5. The minimum Gasteiger partial charge on any atom is -0.497 e. The van der Waals surface area contributed by atoms with E-state index in [9.17, 15) is 9.59 Å². The average Bonchev–Trinajstić information content (AvgIpc) is 2.37. The summed E-state index contributed by atoms with van der Waals surface area (Å²) in [7, 11) is 1.46. The second-order valence-corrected chi connectivity index (χ2v) is 3.84. The van der Waals surface area contributed by atoms with Gasteiger partial charge in [0.15, 0.2) is 0 Å². The van der Waals surface area contributed by atoms with Gasteiger partial charge in [0.05, 0.1) is 18.4 Å². The van der Waals surface area contributed by atoms with E-state index in [4.69, 9.17) is 15.6 Å². The normalized spacial score (nSPS) is 11.7. The lowest BCUT2D eigenvalue weighted by Crippen LogP contribution is -2.27. The van der Waals surface area contributed by atoms with Crippen LogP contribution in [0.25, 0.3) is 0 Å². The molecule has 1 unspecified atom stereocenters. The van der Waals surface area contributed by atoms with Gasteiger partial charge >= 0.3 is 5.97 Å². The Morgan fingerprint density at radius 2 is 2.17 bits per heavy atom. The van der Waals surface area contributed by atoms with Crippen LogP contribution in [-0.4, -0.2) is 30.6 Å². The summed E-state index contributed by atoms with van der Waals surface area (Å²) in [5.41, 5.74) is 5.59. The predicted molar refractivity (Wildman–Crippen MR) is 66.8 cm³/mol. The van der Waals surface area contributed by atoms with Gasteiger partial charge < -0.3 is 20.9 Å². The Bertz CT molecular complexity index is 459. The third-order valence-electron chi connectivity index (χ3n) is 2.52. The largest absolute Gasteiger partial charge is 0.497 e. The van der Waals surface area contributed by atoms with Gasteiger partial charge in [-0.15, -0.1) is 0 Å². The van der Waals surface area contributed by atoms with Gasteiger partial charge in [-0.05, 0) is 12.1 Å². The van der Waals surface area contributed by atoms with Gasteiger partial charge in [-0.2, -0.15) is 0 Å². The fraction of sp³-hybridized carbons (Fsp3) is 0.333. The number of carbonyl (C=O) groups is 2. The summed E-state index contributed by atoms with van der Waals surface area (Å²) in [5, 5.41) is 11.6. The third-order valence-corrected chi connectivity index (χ3v) is 2.52. The van der Waals surface area contributed by atoms with Crippen LogP contribution in [-0.2, 0) is 4.79 Å². The second kappa shape index (κ2) is 6.02. The van der Waals surface area contributed by atoms with Crippen molar-refractivity contribution in [1.29, 1.82) is 0 Å². The molecular weight excluding hydrogens is 236 g/mol. The zero-order valence-electron chi connectivity index (χ0n) is 10.3. The van der Waals surface area contributed by atoms with Gasteiger partial charge in [0.1, 0.15) is 5.75 Å². The summed E-state index contributed by atoms with van der Waals surface area (Å²) in [6, 6.07) is 4.36. The fourth-order valence-electron chi connectivity index (χ4n) is 1.30. The molecule has 1 atom stereocenters. The monoisotopic (exact) mass is 252 g/mol. The van der Waals surface area contributed by atoms with E-state index in [0.29, 0.717) is 5.75 Å². The zero-order chi connectivity index (χ0) is 13.7. The molecule has 4 N–H and O–H groups in total. The first-order valence-electron chi connectivity index (χ1n) is 5.41. The lowest BCUT2D eigenvalue weighted by molar-refractivity contribution is -0.119. The fourth-order valence-corrected chi connectivity index (χ4v) is 1.30. The maximum atomic E-state index is 11.7. The van der Waals surface area contributed by atoms with Crippen LogP contribution < -0.4 is 15.8 Å². The topological polar surface area (TPSA) is 102 Å². The van der Waals surface area contributed by atoms with E-state index in [1.807, 2.05) is 0 Å². The van der Waals surface area contributed by atoms with Gasteiger partial charge in [-0.3, -0.25) is 4.79 Å². The van der Waals surface area contributed by atoms with Crippen molar-refractivity contribution in [1.82, 2.24) is 0 Å². The highest BCUT2D eigenvalue weighted by atomic mass is 16.5. The minimum absolute atomic E-state index is 0.00775. The standard InChI is InChI=1S/C12H16N2O4/c1-7(6-13)11(15)14-10-5-8(18-2)3-4-9(10)12(16)17/h3-5,7H,6,13H2,1-2H3,(H,14,15)(H,16,17). The van der Waals surface area contributed by atoms with Crippen molar-refractivity contribution in [3.63, 3.8) is 0 Å². The van der Waals surface area contributed by atoms with Gasteiger partial charge in [0.25, 0.3) is 0 Å². The first-order valence-corrected chi connectivity index (χ1v) is 5.41. The molecule has 6 heteroatoms. The molecule has 1 aromatic rings. The molecular formula is C12H16N2O4. The molecule has 0 bridgehead atoms. The maximum Gasteiger partial charge on any atom is 0.337 e. The number of carboxylic acid groups (broad SMARTS) is 1. The summed E-state index contributed by atoms with van der Waals surface area (Å²) in [4.78, 5) is 22.7. The van der Waals surface area contributed by atoms with Crippen LogP contribution in [0.4, 0.5) is 5.69 Å². The Kier molecular flexibility index (Phi) is 4.67. The number of aromatic carboxylic acids is 1. The number of nitrogens with two attached hydrogens (primary N) is 1. The van der Waals surface area contributed by atoms with Crippen LogP contribution in [0, 0.1) is 5.92 Å². The lowest BCUT2D eigenvalue weighted by Gasteiger charge is -2.13. The Hall–Kier alpha value is -2.08. The number of methoxy groups -OCH3 is 1. The van der Waals surface area contributed by atoms with E-state index in [1.165, 1.54) is 25.3 Å². The van der Waals surface area contributed by atoms with Crippen molar-refractivity contribution in [2.75, 3.05) is 19.0 Å². The van der Waals surface area contributed by atoms with E-state index in [0.717, 1.165) is 0 Å². The van der Waals surface area contributed by atoms with Crippen molar-refractivity contribution in [3.05, 3.63) is 23.8 Å². The highest BCUT2D eigenvalue weighted by Crippen LogP contribution is 2.23. The Labute approximate surface area is 105 Å². The molecule has 0 spiro atoms. The molecule has 1 amide bonds. The SMILES string of the molecule is COc1ccc(C(=O)O)c(NC(=O)C(C)CN)c1. The zero-order valence-corrected chi connectivity index (χ0v) is 10.3. The number of ether oxygens (including phenoxy) is 1.